The molecule has 24 heavy (non-hydrogen) atoms. The van der Waals surface area contributed by atoms with Gasteiger partial charge in [-0.3, -0.25) is 14.1 Å². The van der Waals surface area contributed by atoms with Crippen molar-refractivity contribution < 1.29 is 32.0 Å². The Morgan fingerprint density at radius 2 is 1.42 bits per heavy atom. The van der Waals surface area contributed by atoms with Gasteiger partial charge in [-0.1, -0.05) is 27.7 Å². The molecule has 138 valence electrons. The van der Waals surface area contributed by atoms with Gasteiger partial charge in [0.25, 0.3) is 10.1 Å². The monoisotopic (exact) mass is 376 g/mol. The number of rotatable bonds is 10. The fourth-order valence-corrected chi connectivity index (χ4v) is 2.11. The minimum absolute atomic E-state index is 0. The normalized spacial score (nSPS) is 14.0. The molecule has 1 N–H and O–H groups in total. The van der Waals surface area contributed by atoms with Gasteiger partial charge in [-0.25, -0.2) is 0 Å². The Bertz CT molecular complexity index is 502. The van der Waals surface area contributed by atoms with Crippen molar-refractivity contribution in [3.63, 3.8) is 0 Å². The zero-order valence-corrected chi connectivity index (χ0v) is 15.3. The van der Waals surface area contributed by atoms with Crippen molar-refractivity contribution >= 4 is 51.6 Å². The third-order valence-corrected chi connectivity index (χ3v) is 4.82. The van der Waals surface area contributed by atoms with Crippen LogP contribution in [0.5, 0.6) is 0 Å². The summed E-state index contributed by atoms with van der Waals surface area (Å²) in [5.74, 6) is -1.44. The second-order valence-electron chi connectivity index (χ2n) is 6.60. The van der Waals surface area contributed by atoms with E-state index in [1.165, 1.54) is 0 Å². The average Bonchev–Trinajstić information content (AvgIpc) is 2.35. The molecule has 0 aliphatic carbocycles. The van der Waals surface area contributed by atoms with Gasteiger partial charge in [0.15, 0.2) is 0 Å². The molecule has 0 rings (SSSR count). The number of esters is 2. The summed E-state index contributed by atoms with van der Waals surface area (Å²) in [7, 11) is -4.83. The molecule has 7 nitrogen and oxygen atoms in total. The molecule has 0 saturated heterocycles. The van der Waals surface area contributed by atoms with Crippen LogP contribution >= 0.6 is 0 Å². The van der Waals surface area contributed by atoms with Gasteiger partial charge in [-0.15, -0.1) is 0 Å². The Hall–Kier alpha value is -0.150. The molecule has 0 heterocycles. The minimum atomic E-state index is -4.83. The molecular formula is C15H29NaO7S. The van der Waals surface area contributed by atoms with Gasteiger partial charge in [0, 0.05) is 0 Å². The third kappa shape index (κ3) is 9.36. The van der Waals surface area contributed by atoms with E-state index in [0.717, 1.165) is 6.92 Å². The van der Waals surface area contributed by atoms with Crippen molar-refractivity contribution in [2.45, 2.75) is 58.6 Å². The Morgan fingerprint density at radius 1 is 1.00 bits per heavy atom. The Kier molecular flexibility index (Phi) is 12.5. The second-order valence-corrected chi connectivity index (χ2v) is 8.46. The van der Waals surface area contributed by atoms with Crippen molar-refractivity contribution in [1.29, 1.82) is 0 Å². The van der Waals surface area contributed by atoms with E-state index < -0.39 is 33.2 Å². The van der Waals surface area contributed by atoms with Gasteiger partial charge in [0.05, 0.1) is 19.6 Å². The van der Waals surface area contributed by atoms with Crippen LogP contribution in [0, 0.1) is 11.8 Å². The number of hydrogen-bond donors (Lipinski definition) is 1. The van der Waals surface area contributed by atoms with Crippen molar-refractivity contribution in [2.24, 2.45) is 11.8 Å². The summed E-state index contributed by atoms with van der Waals surface area (Å²) in [6.07, 6.45) is 0.379. The summed E-state index contributed by atoms with van der Waals surface area (Å²) >= 11 is 0. The summed E-state index contributed by atoms with van der Waals surface area (Å²) in [6.45, 7) is 8.84. The van der Waals surface area contributed by atoms with E-state index >= 15 is 0 Å². The topological polar surface area (TPSA) is 107 Å². The molecule has 9 heteroatoms. The zero-order valence-electron chi connectivity index (χ0n) is 14.5. The van der Waals surface area contributed by atoms with E-state index in [9.17, 15) is 22.6 Å². The van der Waals surface area contributed by atoms with E-state index in [1.807, 2.05) is 27.7 Å². The summed E-state index contributed by atoms with van der Waals surface area (Å²) in [6, 6.07) is 0. The van der Waals surface area contributed by atoms with Crippen molar-refractivity contribution in [3.8, 4) is 0 Å². The van der Waals surface area contributed by atoms with Gasteiger partial charge < -0.3 is 9.47 Å². The van der Waals surface area contributed by atoms with Crippen molar-refractivity contribution in [2.75, 3.05) is 13.2 Å². The van der Waals surface area contributed by atoms with E-state index in [1.54, 1.807) is 0 Å². The van der Waals surface area contributed by atoms with Crippen LogP contribution in [-0.4, -0.2) is 72.4 Å². The Morgan fingerprint density at radius 3 is 1.79 bits per heavy atom. The zero-order chi connectivity index (χ0) is 18.3. The first kappa shape index (κ1) is 26.1. The summed E-state index contributed by atoms with van der Waals surface area (Å²) in [5, 5.41) is 0. The van der Waals surface area contributed by atoms with Gasteiger partial charge in [0.2, 0.25) is 4.75 Å². The van der Waals surface area contributed by atoms with E-state index in [0.29, 0.717) is 18.8 Å². The first-order valence-electron chi connectivity index (χ1n) is 7.70. The number of hydrogen-bond acceptors (Lipinski definition) is 6. The summed E-state index contributed by atoms with van der Waals surface area (Å²) < 4.78 is 39.9. The third-order valence-electron chi connectivity index (χ3n) is 3.37. The molecule has 0 aromatic heterocycles. The van der Waals surface area contributed by atoms with Crippen LogP contribution in [-0.2, 0) is 29.2 Å². The Labute approximate surface area is 166 Å². The molecule has 0 spiro atoms. The Balaban J connectivity index is 0. The number of ether oxygens (including phenoxy) is 2. The SMILES string of the molecule is CC(C)CCOC(=O)CC(C)(C(=O)OCCC(C)C)S(=O)(=O)O.[NaH]. The van der Waals surface area contributed by atoms with Gasteiger partial charge >= 0.3 is 41.5 Å². The molecular weight excluding hydrogens is 347 g/mol. The summed E-state index contributed by atoms with van der Waals surface area (Å²) in [4.78, 5) is 23.8. The van der Waals surface area contributed by atoms with Crippen LogP contribution in [0.25, 0.3) is 0 Å². The number of carbonyl (C=O) groups excluding carboxylic acids is 2. The first-order chi connectivity index (χ1) is 10.4. The van der Waals surface area contributed by atoms with Crippen molar-refractivity contribution in [3.05, 3.63) is 0 Å². The molecule has 1 atom stereocenters. The molecule has 0 aliphatic rings. The molecule has 0 radical (unpaired) electrons. The molecule has 0 amide bonds. The van der Waals surface area contributed by atoms with Gasteiger partial charge in [0.1, 0.15) is 0 Å². The molecule has 0 aliphatic heterocycles. The van der Waals surface area contributed by atoms with E-state index in [-0.39, 0.29) is 48.7 Å². The number of carbonyl (C=O) groups is 2. The first-order valence-corrected chi connectivity index (χ1v) is 9.14. The molecule has 0 aromatic rings. The predicted molar refractivity (Wildman–Crippen MR) is 92.5 cm³/mol. The fraction of sp³-hybridized carbons (Fsp3) is 0.867. The summed E-state index contributed by atoms with van der Waals surface area (Å²) in [5.41, 5.74) is 0. The maximum absolute atomic E-state index is 12.0. The van der Waals surface area contributed by atoms with Crippen LogP contribution < -0.4 is 0 Å². The molecule has 1 unspecified atom stereocenters. The van der Waals surface area contributed by atoms with E-state index in [4.69, 9.17) is 9.47 Å². The van der Waals surface area contributed by atoms with Crippen LogP contribution in [0.1, 0.15) is 53.9 Å². The molecule has 0 bridgehead atoms. The van der Waals surface area contributed by atoms with Crippen LogP contribution in [0.2, 0.25) is 0 Å². The van der Waals surface area contributed by atoms with Crippen molar-refractivity contribution in [1.82, 2.24) is 0 Å². The van der Waals surface area contributed by atoms with Crippen LogP contribution in [0.4, 0.5) is 0 Å². The second kappa shape index (κ2) is 11.5. The fourth-order valence-electron chi connectivity index (χ4n) is 1.54. The quantitative estimate of drug-likeness (QED) is 0.350. The predicted octanol–water partition coefficient (Wildman–Crippen LogP) is 1.55. The standard InChI is InChI=1S/C15H28O7S.Na.H/c1-11(2)6-8-21-13(16)10-15(5,23(18,19)20)14(17)22-9-7-12(3)4;;/h11-12H,6-10H2,1-5H3,(H,18,19,20);;. The maximum atomic E-state index is 12.0. The van der Waals surface area contributed by atoms with Gasteiger partial charge in [-0.2, -0.15) is 8.42 Å². The average molecular weight is 376 g/mol. The van der Waals surface area contributed by atoms with Crippen LogP contribution in [0.3, 0.4) is 0 Å². The van der Waals surface area contributed by atoms with E-state index in [2.05, 4.69) is 0 Å². The van der Waals surface area contributed by atoms with Crippen LogP contribution in [0.15, 0.2) is 0 Å². The van der Waals surface area contributed by atoms with Gasteiger partial charge in [-0.05, 0) is 31.6 Å². The molecule has 0 saturated carbocycles. The molecule has 0 aromatic carbocycles. The molecule has 0 fully saturated rings.